The molecule has 1 atom stereocenters. The SMILES string of the molecule is CCCC(=N)CCN1C(=O)c2ccc(OC(=O)c3ccccc3)cc2CC1F. The van der Waals surface area contributed by atoms with Gasteiger partial charge in [0.05, 0.1) is 5.56 Å². The van der Waals surface area contributed by atoms with Crippen LogP contribution in [-0.4, -0.2) is 35.3 Å². The van der Waals surface area contributed by atoms with Gasteiger partial charge in [0.15, 0.2) is 6.30 Å². The largest absolute Gasteiger partial charge is 0.423 e. The number of nitrogens with zero attached hydrogens (tertiary/aromatic N) is 1. The molecule has 3 rings (SSSR count). The molecule has 2 aromatic carbocycles. The first-order chi connectivity index (χ1) is 13.5. The Hall–Kier alpha value is -3.02. The van der Waals surface area contributed by atoms with Crippen LogP contribution in [0.1, 0.15) is 52.5 Å². The summed E-state index contributed by atoms with van der Waals surface area (Å²) in [6.45, 7) is 2.18. The number of hydrogen-bond acceptors (Lipinski definition) is 4. The summed E-state index contributed by atoms with van der Waals surface area (Å²) in [4.78, 5) is 26.0. The van der Waals surface area contributed by atoms with Crippen molar-refractivity contribution in [1.29, 1.82) is 5.41 Å². The van der Waals surface area contributed by atoms with Crippen LogP contribution >= 0.6 is 0 Å². The molecule has 1 amide bonds. The molecule has 6 heteroatoms. The number of halogens is 1. The van der Waals surface area contributed by atoms with E-state index in [1.54, 1.807) is 48.5 Å². The molecule has 1 aliphatic rings. The number of rotatable bonds is 7. The Balaban J connectivity index is 1.71. The molecular formula is C22H23FN2O3. The van der Waals surface area contributed by atoms with Crippen LogP contribution in [-0.2, 0) is 6.42 Å². The van der Waals surface area contributed by atoms with Crippen molar-refractivity contribution in [3.63, 3.8) is 0 Å². The molecule has 1 N–H and O–H groups in total. The van der Waals surface area contributed by atoms with Crippen molar-refractivity contribution in [3.05, 3.63) is 65.2 Å². The monoisotopic (exact) mass is 382 g/mol. The zero-order valence-electron chi connectivity index (χ0n) is 15.8. The summed E-state index contributed by atoms with van der Waals surface area (Å²) < 4.78 is 20.0. The van der Waals surface area contributed by atoms with Gasteiger partial charge in [0.1, 0.15) is 5.75 Å². The second-order valence-corrected chi connectivity index (χ2v) is 6.82. The third-order valence-corrected chi connectivity index (χ3v) is 4.72. The highest BCUT2D eigenvalue weighted by Crippen LogP contribution is 2.28. The third-order valence-electron chi connectivity index (χ3n) is 4.72. The van der Waals surface area contributed by atoms with E-state index in [-0.39, 0.29) is 24.6 Å². The number of esters is 1. The standard InChI is InChI=1S/C22H23FN2O3/c1-2-6-17(24)11-12-25-20(23)14-16-13-18(9-10-19(16)21(25)26)28-22(27)15-7-4-3-5-8-15/h3-5,7-10,13,20,24H,2,6,11-12,14H2,1H3. The molecule has 2 aromatic rings. The smallest absolute Gasteiger partial charge is 0.343 e. The van der Waals surface area contributed by atoms with E-state index in [4.69, 9.17) is 10.1 Å². The van der Waals surface area contributed by atoms with Gasteiger partial charge in [0, 0.05) is 30.7 Å². The molecule has 0 bridgehead atoms. The summed E-state index contributed by atoms with van der Waals surface area (Å²) in [7, 11) is 0. The molecule has 146 valence electrons. The first-order valence-electron chi connectivity index (χ1n) is 9.41. The maximum Gasteiger partial charge on any atom is 0.343 e. The lowest BCUT2D eigenvalue weighted by atomic mass is 9.97. The Labute approximate surface area is 163 Å². The van der Waals surface area contributed by atoms with Crippen LogP contribution in [0.5, 0.6) is 5.75 Å². The molecule has 0 spiro atoms. The minimum absolute atomic E-state index is 0.0406. The van der Waals surface area contributed by atoms with E-state index in [0.29, 0.717) is 35.2 Å². The van der Waals surface area contributed by atoms with Crippen molar-refractivity contribution in [2.75, 3.05) is 6.54 Å². The van der Waals surface area contributed by atoms with Crippen molar-refractivity contribution in [2.45, 2.75) is 38.9 Å². The number of nitrogens with one attached hydrogen (secondary N) is 1. The van der Waals surface area contributed by atoms with Crippen LogP contribution in [0.2, 0.25) is 0 Å². The van der Waals surface area contributed by atoms with Gasteiger partial charge in [-0.15, -0.1) is 0 Å². The second kappa shape index (κ2) is 8.78. The number of amides is 1. The lowest BCUT2D eigenvalue weighted by Crippen LogP contribution is -2.44. The van der Waals surface area contributed by atoms with Crippen LogP contribution in [0.3, 0.4) is 0 Å². The first-order valence-corrected chi connectivity index (χ1v) is 9.41. The normalized spacial score (nSPS) is 15.9. The van der Waals surface area contributed by atoms with Crippen LogP contribution < -0.4 is 4.74 Å². The van der Waals surface area contributed by atoms with Gasteiger partial charge in [-0.05, 0) is 42.3 Å². The van der Waals surface area contributed by atoms with E-state index >= 15 is 0 Å². The summed E-state index contributed by atoms with van der Waals surface area (Å²) in [5.74, 6) is -0.611. The maximum absolute atomic E-state index is 14.6. The number of ether oxygens (including phenoxy) is 1. The zero-order valence-corrected chi connectivity index (χ0v) is 15.8. The minimum Gasteiger partial charge on any atom is -0.423 e. The van der Waals surface area contributed by atoms with E-state index in [1.807, 2.05) is 6.92 Å². The van der Waals surface area contributed by atoms with E-state index < -0.39 is 12.3 Å². The Kier molecular flexibility index (Phi) is 6.19. The average molecular weight is 382 g/mol. The number of alkyl halides is 1. The number of carbonyl (C=O) groups excluding carboxylic acids is 2. The topological polar surface area (TPSA) is 70.5 Å². The molecule has 5 nitrogen and oxygen atoms in total. The Morgan fingerprint density at radius 3 is 2.68 bits per heavy atom. The summed E-state index contributed by atoms with van der Waals surface area (Å²) in [5, 5.41) is 7.84. The fraction of sp³-hybridized carbons (Fsp3) is 0.318. The first kappa shape index (κ1) is 19.7. The summed E-state index contributed by atoms with van der Waals surface area (Å²) in [5.41, 5.74) is 1.88. The lowest BCUT2D eigenvalue weighted by molar-refractivity contribution is 0.0427. The number of benzene rings is 2. The van der Waals surface area contributed by atoms with Crippen LogP contribution in [0.25, 0.3) is 0 Å². The fourth-order valence-corrected chi connectivity index (χ4v) is 3.25. The van der Waals surface area contributed by atoms with E-state index in [2.05, 4.69) is 0 Å². The van der Waals surface area contributed by atoms with Gasteiger partial charge >= 0.3 is 5.97 Å². The molecule has 0 saturated carbocycles. The Morgan fingerprint density at radius 1 is 1.21 bits per heavy atom. The van der Waals surface area contributed by atoms with Gasteiger partial charge in [0.2, 0.25) is 0 Å². The summed E-state index contributed by atoms with van der Waals surface area (Å²) in [6, 6.07) is 13.3. The highest BCUT2D eigenvalue weighted by Gasteiger charge is 2.32. The van der Waals surface area contributed by atoms with Gasteiger partial charge in [-0.3, -0.25) is 4.79 Å². The molecule has 0 aromatic heterocycles. The highest BCUT2D eigenvalue weighted by molar-refractivity contribution is 5.97. The van der Waals surface area contributed by atoms with Gasteiger partial charge in [-0.25, -0.2) is 9.18 Å². The number of carbonyl (C=O) groups is 2. The lowest BCUT2D eigenvalue weighted by Gasteiger charge is -2.32. The van der Waals surface area contributed by atoms with Gasteiger partial charge in [-0.1, -0.05) is 31.5 Å². The molecule has 0 fully saturated rings. The molecule has 1 heterocycles. The fourth-order valence-electron chi connectivity index (χ4n) is 3.25. The zero-order chi connectivity index (χ0) is 20.1. The highest BCUT2D eigenvalue weighted by atomic mass is 19.1. The predicted molar refractivity (Wildman–Crippen MR) is 105 cm³/mol. The molecule has 0 radical (unpaired) electrons. The molecule has 0 aliphatic carbocycles. The van der Waals surface area contributed by atoms with Gasteiger partial charge in [0.25, 0.3) is 5.91 Å². The van der Waals surface area contributed by atoms with E-state index in [1.165, 1.54) is 4.90 Å². The maximum atomic E-state index is 14.6. The van der Waals surface area contributed by atoms with Crippen molar-refractivity contribution in [2.24, 2.45) is 0 Å². The van der Waals surface area contributed by atoms with Crippen molar-refractivity contribution < 1.29 is 18.7 Å². The van der Waals surface area contributed by atoms with Crippen molar-refractivity contribution in [3.8, 4) is 5.75 Å². The molecule has 28 heavy (non-hydrogen) atoms. The van der Waals surface area contributed by atoms with Gasteiger partial charge in [-0.2, -0.15) is 0 Å². The predicted octanol–water partition coefficient (Wildman–Crippen LogP) is 4.41. The third kappa shape index (κ3) is 4.44. The van der Waals surface area contributed by atoms with Crippen molar-refractivity contribution in [1.82, 2.24) is 4.90 Å². The van der Waals surface area contributed by atoms with E-state index in [0.717, 1.165) is 6.42 Å². The number of hydrogen-bond donors (Lipinski definition) is 1. The minimum atomic E-state index is -1.45. The number of fused-ring (bicyclic) bond motifs is 1. The molecule has 1 unspecified atom stereocenters. The van der Waals surface area contributed by atoms with E-state index in [9.17, 15) is 14.0 Å². The Morgan fingerprint density at radius 2 is 1.96 bits per heavy atom. The van der Waals surface area contributed by atoms with Crippen LogP contribution in [0.15, 0.2) is 48.5 Å². The van der Waals surface area contributed by atoms with Crippen LogP contribution in [0, 0.1) is 5.41 Å². The second-order valence-electron chi connectivity index (χ2n) is 6.82. The quantitative estimate of drug-likeness (QED) is 0.334. The van der Waals surface area contributed by atoms with Gasteiger partial charge < -0.3 is 15.0 Å². The molecule has 0 saturated heterocycles. The van der Waals surface area contributed by atoms with Crippen LogP contribution in [0.4, 0.5) is 4.39 Å². The summed E-state index contributed by atoms with van der Waals surface area (Å²) in [6.07, 6.45) is 0.487. The molecular weight excluding hydrogens is 359 g/mol. The summed E-state index contributed by atoms with van der Waals surface area (Å²) >= 11 is 0. The molecule has 1 aliphatic heterocycles. The van der Waals surface area contributed by atoms with Crippen molar-refractivity contribution >= 4 is 17.6 Å². The Bertz CT molecular complexity index is 883. The average Bonchev–Trinajstić information content (AvgIpc) is 2.68.